The average molecular weight is 185 g/mol. The Kier molecular flexibility index (Phi) is 3.69. The molecule has 0 aromatic rings. The van der Waals surface area contributed by atoms with E-state index in [0.717, 1.165) is 19.5 Å². The van der Waals surface area contributed by atoms with Crippen LogP contribution in [0.3, 0.4) is 0 Å². The molecule has 0 aliphatic carbocycles. The Hall–Kier alpha value is -0.610. The Balaban J connectivity index is 2.39. The van der Waals surface area contributed by atoms with Crippen molar-refractivity contribution in [2.45, 2.75) is 25.8 Å². The van der Waals surface area contributed by atoms with Crippen LogP contribution in [-0.4, -0.2) is 36.5 Å². The van der Waals surface area contributed by atoms with Gasteiger partial charge < -0.3 is 11.5 Å². The minimum absolute atomic E-state index is 0.0628. The number of rotatable bonds is 4. The SMILES string of the molecule is CC(CN1CCCC1CN)C(N)=O. The topological polar surface area (TPSA) is 72.3 Å². The lowest BCUT2D eigenvalue weighted by atomic mass is 10.1. The van der Waals surface area contributed by atoms with E-state index in [1.165, 1.54) is 6.42 Å². The fraction of sp³-hybridized carbons (Fsp3) is 0.889. The lowest BCUT2D eigenvalue weighted by Crippen LogP contribution is -2.40. The van der Waals surface area contributed by atoms with Gasteiger partial charge in [0.2, 0.25) is 5.91 Å². The smallest absolute Gasteiger partial charge is 0.221 e. The lowest BCUT2D eigenvalue weighted by molar-refractivity contribution is -0.121. The molecular weight excluding hydrogens is 166 g/mol. The van der Waals surface area contributed by atoms with Crippen molar-refractivity contribution >= 4 is 5.91 Å². The van der Waals surface area contributed by atoms with E-state index in [4.69, 9.17) is 11.5 Å². The number of likely N-dealkylation sites (tertiary alicyclic amines) is 1. The number of carbonyl (C=O) groups is 1. The number of hydrogen-bond acceptors (Lipinski definition) is 3. The van der Waals surface area contributed by atoms with Crippen LogP contribution < -0.4 is 11.5 Å². The number of nitrogens with zero attached hydrogens (tertiary/aromatic N) is 1. The zero-order chi connectivity index (χ0) is 9.84. The van der Waals surface area contributed by atoms with Crippen LogP contribution in [0.15, 0.2) is 0 Å². The number of carbonyl (C=O) groups excluding carboxylic acids is 1. The molecule has 4 heteroatoms. The summed E-state index contributed by atoms with van der Waals surface area (Å²) in [6.07, 6.45) is 2.34. The highest BCUT2D eigenvalue weighted by Crippen LogP contribution is 2.17. The normalized spacial score (nSPS) is 26.2. The van der Waals surface area contributed by atoms with Crippen molar-refractivity contribution in [3.8, 4) is 0 Å². The fourth-order valence-electron chi connectivity index (χ4n) is 1.84. The molecule has 1 amide bonds. The molecule has 0 spiro atoms. The molecular formula is C9H19N3O. The van der Waals surface area contributed by atoms with Gasteiger partial charge in [0, 0.05) is 25.0 Å². The molecule has 4 nitrogen and oxygen atoms in total. The van der Waals surface area contributed by atoms with Crippen LogP contribution in [0.5, 0.6) is 0 Å². The van der Waals surface area contributed by atoms with Crippen LogP contribution in [0.4, 0.5) is 0 Å². The quantitative estimate of drug-likeness (QED) is 0.622. The standard InChI is InChI=1S/C9H19N3O/c1-7(9(11)13)6-12-4-2-3-8(12)5-10/h7-8H,2-6,10H2,1H3,(H2,11,13). The van der Waals surface area contributed by atoms with Crippen LogP contribution in [-0.2, 0) is 4.79 Å². The van der Waals surface area contributed by atoms with Gasteiger partial charge in [0.25, 0.3) is 0 Å². The predicted octanol–water partition coefficient (Wildman–Crippen LogP) is -0.469. The van der Waals surface area contributed by atoms with Crippen molar-refractivity contribution in [2.24, 2.45) is 17.4 Å². The van der Waals surface area contributed by atoms with Gasteiger partial charge in [0.15, 0.2) is 0 Å². The largest absolute Gasteiger partial charge is 0.369 e. The lowest BCUT2D eigenvalue weighted by Gasteiger charge is -2.24. The van der Waals surface area contributed by atoms with E-state index >= 15 is 0 Å². The number of amides is 1. The molecule has 76 valence electrons. The highest BCUT2D eigenvalue weighted by molar-refractivity contribution is 5.76. The second-order valence-electron chi connectivity index (χ2n) is 3.83. The first-order valence-electron chi connectivity index (χ1n) is 4.88. The summed E-state index contributed by atoms with van der Waals surface area (Å²) in [7, 11) is 0. The third-order valence-electron chi connectivity index (χ3n) is 2.77. The summed E-state index contributed by atoms with van der Waals surface area (Å²) in [5.74, 6) is -0.283. The molecule has 0 aromatic heterocycles. The van der Waals surface area contributed by atoms with Gasteiger partial charge in [-0.05, 0) is 19.4 Å². The van der Waals surface area contributed by atoms with E-state index < -0.39 is 0 Å². The van der Waals surface area contributed by atoms with Crippen molar-refractivity contribution in [3.63, 3.8) is 0 Å². The van der Waals surface area contributed by atoms with Crippen molar-refractivity contribution in [3.05, 3.63) is 0 Å². The minimum atomic E-state index is -0.220. The predicted molar refractivity (Wildman–Crippen MR) is 52.0 cm³/mol. The summed E-state index contributed by atoms with van der Waals surface area (Å²) < 4.78 is 0. The third kappa shape index (κ3) is 2.67. The first kappa shape index (κ1) is 10.5. The van der Waals surface area contributed by atoms with E-state index in [0.29, 0.717) is 12.6 Å². The molecule has 1 fully saturated rings. The van der Waals surface area contributed by atoms with Crippen LogP contribution in [0.25, 0.3) is 0 Å². The van der Waals surface area contributed by atoms with Gasteiger partial charge in [-0.1, -0.05) is 6.92 Å². The third-order valence-corrected chi connectivity index (χ3v) is 2.77. The van der Waals surface area contributed by atoms with Crippen molar-refractivity contribution in [1.82, 2.24) is 4.90 Å². The molecule has 0 saturated carbocycles. The molecule has 1 aliphatic rings. The zero-order valence-corrected chi connectivity index (χ0v) is 8.20. The van der Waals surface area contributed by atoms with E-state index in [-0.39, 0.29) is 11.8 Å². The van der Waals surface area contributed by atoms with E-state index in [2.05, 4.69) is 4.90 Å². The Morgan fingerprint density at radius 2 is 2.38 bits per heavy atom. The summed E-state index contributed by atoms with van der Waals surface area (Å²) >= 11 is 0. The molecule has 1 aliphatic heterocycles. The van der Waals surface area contributed by atoms with Crippen molar-refractivity contribution < 1.29 is 4.79 Å². The first-order valence-corrected chi connectivity index (χ1v) is 4.88. The summed E-state index contributed by atoms with van der Waals surface area (Å²) in [6, 6.07) is 0.460. The molecule has 1 heterocycles. The number of primary amides is 1. The zero-order valence-electron chi connectivity index (χ0n) is 8.20. The summed E-state index contributed by atoms with van der Waals surface area (Å²) in [5.41, 5.74) is 10.8. The van der Waals surface area contributed by atoms with Gasteiger partial charge in [-0.3, -0.25) is 9.69 Å². The number of nitrogens with two attached hydrogens (primary N) is 2. The summed E-state index contributed by atoms with van der Waals surface area (Å²) in [6.45, 7) is 4.37. The maximum absolute atomic E-state index is 10.8. The van der Waals surface area contributed by atoms with E-state index in [1.54, 1.807) is 0 Å². The van der Waals surface area contributed by atoms with Gasteiger partial charge in [-0.25, -0.2) is 0 Å². The molecule has 0 radical (unpaired) electrons. The first-order chi connectivity index (χ1) is 6.15. The molecule has 0 bridgehead atoms. The monoisotopic (exact) mass is 185 g/mol. The van der Waals surface area contributed by atoms with Crippen LogP contribution >= 0.6 is 0 Å². The van der Waals surface area contributed by atoms with Crippen LogP contribution in [0.1, 0.15) is 19.8 Å². The fourth-order valence-corrected chi connectivity index (χ4v) is 1.84. The Bertz CT molecular complexity index is 184. The van der Waals surface area contributed by atoms with Crippen molar-refractivity contribution in [1.29, 1.82) is 0 Å². The van der Waals surface area contributed by atoms with Gasteiger partial charge in [-0.15, -0.1) is 0 Å². The van der Waals surface area contributed by atoms with Gasteiger partial charge in [0.05, 0.1) is 0 Å². The van der Waals surface area contributed by atoms with Gasteiger partial charge in [-0.2, -0.15) is 0 Å². The second-order valence-corrected chi connectivity index (χ2v) is 3.83. The maximum Gasteiger partial charge on any atom is 0.221 e. The van der Waals surface area contributed by atoms with Gasteiger partial charge >= 0.3 is 0 Å². The molecule has 1 rings (SSSR count). The molecule has 4 N–H and O–H groups in total. The number of hydrogen-bond donors (Lipinski definition) is 2. The average Bonchev–Trinajstić information content (AvgIpc) is 2.51. The Morgan fingerprint density at radius 3 is 2.92 bits per heavy atom. The molecule has 13 heavy (non-hydrogen) atoms. The Morgan fingerprint density at radius 1 is 1.69 bits per heavy atom. The highest BCUT2D eigenvalue weighted by atomic mass is 16.1. The van der Waals surface area contributed by atoms with E-state index in [1.807, 2.05) is 6.92 Å². The highest BCUT2D eigenvalue weighted by Gasteiger charge is 2.25. The molecule has 1 saturated heterocycles. The second kappa shape index (κ2) is 4.58. The Labute approximate surface area is 79.3 Å². The van der Waals surface area contributed by atoms with Crippen molar-refractivity contribution in [2.75, 3.05) is 19.6 Å². The minimum Gasteiger partial charge on any atom is -0.369 e. The van der Waals surface area contributed by atoms with Crippen LogP contribution in [0.2, 0.25) is 0 Å². The van der Waals surface area contributed by atoms with Gasteiger partial charge in [0.1, 0.15) is 0 Å². The molecule has 2 atom stereocenters. The maximum atomic E-state index is 10.8. The summed E-state index contributed by atoms with van der Waals surface area (Å²) in [4.78, 5) is 13.1. The molecule has 2 unspecified atom stereocenters. The summed E-state index contributed by atoms with van der Waals surface area (Å²) in [5, 5.41) is 0. The molecule has 0 aromatic carbocycles. The van der Waals surface area contributed by atoms with E-state index in [9.17, 15) is 4.79 Å². The van der Waals surface area contributed by atoms with Crippen LogP contribution in [0, 0.1) is 5.92 Å².